The molecule has 0 saturated carbocycles. The van der Waals surface area contributed by atoms with Gasteiger partial charge in [-0.25, -0.2) is 4.98 Å². The van der Waals surface area contributed by atoms with Gasteiger partial charge in [0.05, 0.1) is 4.92 Å². The maximum atomic E-state index is 12.9. The lowest BCUT2D eigenvalue weighted by Crippen LogP contribution is -2.31. The van der Waals surface area contributed by atoms with Crippen LogP contribution in [-0.4, -0.2) is 26.9 Å². The smallest absolute Gasteiger partial charge is 0.293 e. The number of anilines is 1. The van der Waals surface area contributed by atoms with Crippen LogP contribution in [0.4, 0.5) is 11.4 Å². The molecule has 0 fully saturated rings. The Labute approximate surface area is 162 Å². The van der Waals surface area contributed by atoms with E-state index < -0.39 is 16.9 Å². The maximum absolute atomic E-state index is 12.9. The van der Waals surface area contributed by atoms with E-state index in [1.54, 1.807) is 24.5 Å². The van der Waals surface area contributed by atoms with Crippen LogP contribution in [0.1, 0.15) is 34.7 Å². The normalized spacial score (nSPS) is 11.6. The third kappa shape index (κ3) is 4.01. The second kappa shape index (κ2) is 8.34. The zero-order valence-corrected chi connectivity index (χ0v) is 15.6. The number of nitrogens with one attached hydrogen (secondary N) is 2. The lowest BCUT2D eigenvalue weighted by Gasteiger charge is -2.19. The minimum Gasteiger partial charge on any atom is -0.380 e. The van der Waals surface area contributed by atoms with E-state index in [0.29, 0.717) is 18.1 Å². The number of hydrogen-bond acceptors (Lipinski definition) is 5. The third-order valence-electron chi connectivity index (χ3n) is 4.35. The Balaban J connectivity index is 1.94. The SMILES string of the molecule is CCNc1ccc(C(=O)N[C@@H](c2ccccc2)c2nccn2C)cc1[N+](=O)[O-]. The molecule has 1 heterocycles. The zero-order chi connectivity index (χ0) is 20.1. The van der Waals surface area contributed by atoms with Crippen molar-refractivity contribution in [2.75, 3.05) is 11.9 Å². The fourth-order valence-electron chi connectivity index (χ4n) is 2.98. The van der Waals surface area contributed by atoms with E-state index in [4.69, 9.17) is 0 Å². The average molecular weight is 379 g/mol. The van der Waals surface area contributed by atoms with Gasteiger partial charge in [0, 0.05) is 37.6 Å². The Hall–Kier alpha value is -3.68. The van der Waals surface area contributed by atoms with Crippen molar-refractivity contribution in [2.24, 2.45) is 7.05 Å². The summed E-state index contributed by atoms with van der Waals surface area (Å²) in [5.74, 6) is 0.251. The van der Waals surface area contributed by atoms with Crippen LogP contribution in [0, 0.1) is 10.1 Å². The van der Waals surface area contributed by atoms with Gasteiger partial charge < -0.3 is 15.2 Å². The molecule has 0 saturated heterocycles. The molecule has 2 N–H and O–H groups in total. The molecule has 8 heteroatoms. The highest BCUT2D eigenvalue weighted by atomic mass is 16.6. The van der Waals surface area contributed by atoms with E-state index >= 15 is 0 Å². The monoisotopic (exact) mass is 379 g/mol. The van der Waals surface area contributed by atoms with Crippen molar-refractivity contribution in [1.29, 1.82) is 0 Å². The van der Waals surface area contributed by atoms with Gasteiger partial charge in [0.1, 0.15) is 17.6 Å². The van der Waals surface area contributed by atoms with Gasteiger partial charge in [0.15, 0.2) is 0 Å². The summed E-state index contributed by atoms with van der Waals surface area (Å²) in [6.45, 7) is 2.39. The number of nitrogens with zero attached hydrogens (tertiary/aromatic N) is 3. The van der Waals surface area contributed by atoms with Crippen LogP contribution in [-0.2, 0) is 7.05 Å². The zero-order valence-electron chi connectivity index (χ0n) is 15.6. The second-order valence-electron chi connectivity index (χ2n) is 6.23. The Morgan fingerprint density at radius 3 is 2.61 bits per heavy atom. The first-order chi connectivity index (χ1) is 13.5. The highest BCUT2D eigenvalue weighted by Gasteiger charge is 2.23. The standard InChI is InChI=1S/C20H21N5O3/c1-3-21-16-10-9-15(13-17(16)25(27)28)20(26)23-18(14-7-5-4-6-8-14)19-22-11-12-24(19)2/h4-13,18,21H,3H2,1-2H3,(H,23,26)/t18-/m0/s1. The number of hydrogen-bond donors (Lipinski definition) is 2. The molecule has 0 radical (unpaired) electrons. The summed E-state index contributed by atoms with van der Waals surface area (Å²) >= 11 is 0. The summed E-state index contributed by atoms with van der Waals surface area (Å²) in [5.41, 5.74) is 1.32. The molecule has 0 bridgehead atoms. The number of carbonyl (C=O) groups is 1. The van der Waals surface area contributed by atoms with E-state index in [0.717, 1.165) is 5.56 Å². The Bertz CT molecular complexity index is 985. The average Bonchev–Trinajstić information content (AvgIpc) is 3.12. The van der Waals surface area contributed by atoms with Crippen molar-refractivity contribution in [1.82, 2.24) is 14.9 Å². The summed E-state index contributed by atoms with van der Waals surface area (Å²) in [5, 5.41) is 17.2. The molecule has 2 aromatic carbocycles. The Morgan fingerprint density at radius 1 is 1.25 bits per heavy atom. The predicted molar refractivity (Wildman–Crippen MR) is 106 cm³/mol. The van der Waals surface area contributed by atoms with Crippen LogP contribution >= 0.6 is 0 Å². The lowest BCUT2D eigenvalue weighted by molar-refractivity contribution is -0.384. The molecule has 0 aliphatic heterocycles. The number of aryl methyl sites for hydroxylation is 1. The van der Waals surface area contributed by atoms with Gasteiger partial charge in [-0.15, -0.1) is 0 Å². The number of nitro groups is 1. The second-order valence-corrected chi connectivity index (χ2v) is 6.23. The van der Waals surface area contributed by atoms with E-state index in [1.165, 1.54) is 6.07 Å². The van der Waals surface area contributed by atoms with Gasteiger partial charge in [0.25, 0.3) is 11.6 Å². The fourth-order valence-corrected chi connectivity index (χ4v) is 2.98. The quantitative estimate of drug-likeness (QED) is 0.484. The minimum atomic E-state index is -0.498. The molecule has 1 atom stereocenters. The van der Waals surface area contributed by atoms with E-state index in [1.807, 2.05) is 48.9 Å². The van der Waals surface area contributed by atoms with Gasteiger partial charge in [-0.1, -0.05) is 30.3 Å². The molecule has 8 nitrogen and oxygen atoms in total. The van der Waals surface area contributed by atoms with Crippen molar-refractivity contribution in [2.45, 2.75) is 13.0 Å². The molecule has 3 rings (SSSR count). The van der Waals surface area contributed by atoms with Gasteiger partial charge in [0.2, 0.25) is 0 Å². The van der Waals surface area contributed by atoms with E-state index in [2.05, 4.69) is 15.6 Å². The van der Waals surface area contributed by atoms with Crippen LogP contribution < -0.4 is 10.6 Å². The molecule has 1 amide bonds. The summed E-state index contributed by atoms with van der Waals surface area (Å²) in [6, 6.07) is 13.4. The summed E-state index contributed by atoms with van der Waals surface area (Å²) in [6.07, 6.45) is 3.46. The van der Waals surface area contributed by atoms with E-state index in [9.17, 15) is 14.9 Å². The number of nitro benzene ring substituents is 1. The fraction of sp³-hybridized carbons (Fsp3) is 0.200. The number of carbonyl (C=O) groups excluding carboxylic acids is 1. The van der Waals surface area contributed by atoms with Crippen molar-refractivity contribution in [3.05, 3.63) is 88.0 Å². The number of rotatable bonds is 7. The number of amides is 1. The molecule has 0 unspecified atom stereocenters. The van der Waals surface area contributed by atoms with Crippen molar-refractivity contribution >= 4 is 17.3 Å². The number of benzene rings is 2. The highest BCUT2D eigenvalue weighted by Crippen LogP contribution is 2.26. The largest absolute Gasteiger partial charge is 0.380 e. The first kappa shape index (κ1) is 19.1. The number of imidazole rings is 1. The van der Waals surface area contributed by atoms with Crippen LogP contribution in [0.15, 0.2) is 60.9 Å². The summed E-state index contributed by atoms with van der Waals surface area (Å²) in [4.78, 5) is 28.1. The molecule has 144 valence electrons. The minimum absolute atomic E-state index is 0.136. The predicted octanol–water partition coefficient (Wildman–Crippen LogP) is 3.28. The van der Waals surface area contributed by atoms with Gasteiger partial charge in [-0.2, -0.15) is 0 Å². The summed E-state index contributed by atoms with van der Waals surface area (Å²) in [7, 11) is 1.85. The van der Waals surface area contributed by atoms with Gasteiger partial charge in [-0.05, 0) is 24.6 Å². The first-order valence-corrected chi connectivity index (χ1v) is 8.86. The topological polar surface area (TPSA) is 102 Å². The van der Waals surface area contributed by atoms with Crippen molar-refractivity contribution in [3.63, 3.8) is 0 Å². The third-order valence-corrected chi connectivity index (χ3v) is 4.35. The molecule has 0 aliphatic rings. The van der Waals surface area contributed by atoms with E-state index in [-0.39, 0.29) is 11.3 Å². The van der Waals surface area contributed by atoms with Crippen LogP contribution in [0.5, 0.6) is 0 Å². The van der Waals surface area contributed by atoms with Gasteiger partial charge >= 0.3 is 0 Å². The van der Waals surface area contributed by atoms with Crippen molar-refractivity contribution in [3.8, 4) is 0 Å². The maximum Gasteiger partial charge on any atom is 0.293 e. The van der Waals surface area contributed by atoms with Gasteiger partial charge in [-0.3, -0.25) is 14.9 Å². The molecular weight excluding hydrogens is 358 g/mol. The number of aromatic nitrogens is 2. The Kier molecular flexibility index (Phi) is 5.69. The molecule has 28 heavy (non-hydrogen) atoms. The van der Waals surface area contributed by atoms with Crippen LogP contribution in [0.2, 0.25) is 0 Å². The van der Waals surface area contributed by atoms with Crippen LogP contribution in [0.3, 0.4) is 0 Å². The Morgan fingerprint density at radius 2 is 2.00 bits per heavy atom. The first-order valence-electron chi connectivity index (χ1n) is 8.86. The van der Waals surface area contributed by atoms with Crippen molar-refractivity contribution < 1.29 is 9.72 Å². The summed E-state index contributed by atoms with van der Waals surface area (Å²) < 4.78 is 1.83. The molecular formula is C20H21N5O3. The molecule has 3 aromatic rings. The molecule has 0 spiro atoms. The highest BCUT2D eigenvalue weighted by molar-refractivity contribution is 5.96. The van der Waals surface area contributed by atoms with Crippen LogP contribution in [0.25, 0.3) is 0 Å². The molecule has 1 aromatic heterocycles. The molecule has 0 aliphatic carbocycles. The lowest BCUT2D eigenvalue weighted by atomic mass is 10.0.